The number of nitrogens with one attached hydrogen (secondary N) is 4. The van der Waals surface area contributed by atoms with Crippen LogP contribution in [-0.4, -0.2) is 42.3 Å². The monoisotopic (exact) mass is 381 g/mol. The Morgan fingerprint density at radius 2 is 1.61 bits per heavy atom. The fourth-order valence-corrected chi connectivity index (χ4v) is 2.98. The third-order valence-corrected chi connectivity index (χ3v) is 4.49. The maximum atomic E-state index is 12.3. The predicted octanol–water partition coefficient (Wildman–Crippen LogP) is 0.514. The van der Waals surface area contributed by atoms with E-state index >= 15 is 0 Å². The number of hydrogen-bond donors (Lipinski definition) is 4. The Hall–Kier alpha value is -3.23. The maximum Gasteiger partial charge on any atom is 0.257 e. The van der Waals surface area contributed by atoms with Gasteiger partial charge in [0.15, 0.2) is 0 Å². The lowest BCUT2D eigenvalue weighted by molar-refractivity contribution is -0.130. The molecular weight excluding hydrogens is 358 g/mol. The molecule has 2 aromatic rings. The van der Waals surface area contributed by atoms with Crippen LogP contribution in [0.15, 0.2) is 60.7 Å². The molecule has 0 spiro atoms. The van der Waals surface area contributed by atoms with Crippen molar-refractivity contribution < 1.29 is 14.4 Å². The first-order valence-corrected chi connectivity index (χ1v) is 9.00. The van der Waals surface area contributed by atoms with Gasteiger partial charge in [0, 0.05) is 18.7 Å². The third-order valence-electron chi connectivity index (χ3n) is 4.49. The highest BCUT2D eigenvalue weighted by Crippen LogP contribution is 2.21. The zero-order valence-electron chi connectivity index (χ0n) is 15.5. The smallest absolute Gasteiger partial charge is 0.257 e. The van der Waals surface area contributed by atoms with Crippen molar-refractivity contribution in [2.45, 2.75) is 18.5 Å². The van der Waals surface area contributed by atoms with E-state index < -0.39 is 11.9 Å². The minimum absolute atomic E-state index is 0.0160. The Bertz CT molecular complexity index is 828. The molecule has 146 valence electrons. The number of likely N-dealkylation sites (N-methyl/N-ethyl adjacent to an activating group) is 1. The molecule has 28 heavy (non-hydrogen) atoms. The highest BCUT2D eigenvalue weighted by atomic mass is 16.2. The van der Waals surface area contributed by atoms with Crippen LogP contribution in [0.2, 0.25) is 0 Å². The van der Waals surface area contributed by atoms with Gasteiger partial charge in [-0.3, -0.25) is 25.2 Å². The lowest BCUT2D eigenvalue weighted by Crippen LogP contribution is -2.52. The van der Waals surface area contributed by atoms with Gasteiger partial charge in [-0.05, 0) is 24.1 Å². The zero-order chi connectivity index (χ0) is 19.9. The SMILES string of the molecule is CN(CC(=O)NNC(=O)C1CC(c2ccccc2)NN1)C(=O)c1ccccc1. The van der Waals surface area contributed by atoms with E-state index in [4.69, 9.17) is 0 Å². The second-order valence-corrected chi connectivity index (χ2v) is 6.60. The van der Waals surface area contributed by atoms with Crippen molar-refractivity contribution in [1.29, 1.82) is 0 Å². The van der Waals surface area contributed by atoms with Crippen molar-refractivity contribution in [3.8, 4) is 0 Å². The molecule has 0 aromatic heterocycles. The van der Waals surface area contributed by atoms with E-state index in [-0.39, 0.29) is 24.4 Å². The van der Waals surface area contributed by atoms with Crippen LogP contribution in [0, 0.1) is 0 Å². The van der Waals surface area contributed by atoms with E-state index in [9.17, 15) is 14.4 Å². The minimum atomic E-state index is -0.481. The summed E-state index contributed by atoms with van der Waals surface area (Å²) >= 11 is 0. The summed E-state index contributed by atoms with van der Waals surface area (Å²) in [6.45, 7) is -0.170. The molecule has 8 nitrogen and oxygen atoms in total. The van der Waals surface area contributed by atoms with Gasteiger partial charge in [-0.1, -0.05) is 48.5 Å². The molecule has 1 heterocycles. The molecule has 3 amide bonds. The Balaban J connectivity index is 1.43. The topological polar surface area (TPSA) is 103 Å². The van der Waals surface area contributed by atoms with Crippen LogP contribution in [0.5, 0.6) is 0 Å². The molecule has 8 heteroatoms. The van der Waals surface area contributed by atoms with Crippen LogP contribution >= 0.6 is 0 Å². The van der Waals surface area contributed by atoms with Gasteiger partial charge in [-0.15, -0.1) is 0 Å². The molecule has 2 aromatic carbocycles. The molecular formula is C20H23N5O3. The average molecular weight is 381 g/mol. The van der Waals surface area contributed by atoms with Crippen molar-refractivity contribution >= 4 is 17.7 Å². The Labute approximate surface area is 163 Å². The van der Waals surface area contributed by atoms with E-state index in [1.807, 2.05) is 36.4 Å². The van der Waals surface area contributed by atoms with Crippen LogP contribution in [0.4, 0.5) is 0 Å². The normalized spacial score (nSPS) is 18.3. The number of amides is 3. The van der Waals surface area contributed by atoms with E-state index in [0.29, 0.717) is 12.0 Å². The lowest BCUT2D eigenvalue weighted by atomic mass is 10.0. The van der Waals surface area contributed by atoms with Crippen LogP contribution in [0.1, 0.15) is 28.4 Å². The first kappa shape index (κ1) is 19.5. The van der Waals surface area contributed by atoms with Gasteiger partial charge in [0.05, 0.1) is 0 Å². The highest BCUT2D eigenvalue weighted by molar-refractivity contribution is 5.96. The molecule has 2 unspecified atom stereocenters. The molecule has 1 aliphatic rings. The van der Waals surface area contributed by atoms with E-state index in [1.54, 1.807) is 24.3 Å². The summed E-state index contributed by atoms with van der Waals surface area (Å²) in [5.74, 6) is -1.10. The van der Waals surface area contributed by atoms with Crippen molar-refractivity contribution in [3.05, 3.63) is 71.8 Å². The summed E-state index contributed by atoms with van der Waals surface area (Å²) < 4.78 is 0. The summed E-state index contributed by atoms with van der Waals surface area (Å²) in [5.41, 5.74) is 12.3. The highest BCUT2D eigenvalue weighted by Gasteiger charge is 2.30. The molecule has 1 saturated heterocycles. The Kier molecular flexibility index (Phi) is 6.36. The van der Waals surface area contributed by atoms with Gasteiger partial charge >= 0.3 is 0 Å². The summed E-state index contributed by atoms with van der Waals surface area (Å²) in [4.78, 5) is 37.8. The molecule has 0 bridgehead atoms. The number of rotatable bonds is 5. The van der Waals surface area contributed by atoms with E-state index in [0.717, 1.165) is 5.56 Å². The number of carbonyl (C=O) groups excluding carboxylic acids is 3. The first-order valence-electron chi connectivity index (χ1n) is 9.00. The molecule has 0 radical (unpaired) electrons. The quantitative estimate of drug-likeness (QED) is 0.566. The van der Waals surface area contributed by atoms with Crippen LogP contribution in [0.25, 0.3) is 0 Å². The molecule has 4 N–H and O–H groups in total. The van der Waals surface area contributed by atoms with Crippen molar-refractivity contribution in [1.82, 2.24) is 26.6 Å². The summed E-state index contributed by atoms with van der Waals surface area (Å²) in [6, 6.07) is 18.0. The number of nitrogens with zero attached hydrogens (tertiary/aromatic N) is 1. The van der Waals surface area contributed by atoms with Crippen LogP contribution in [0.3, 0.4) is 0 Å². The molecule has 3 rings (SSSR count). The second kappa shape index (κ2) is 9.12. The van der Waals surface area contributed by atoms with Gasteiger partial charge in [-0.25, -0.2) is 10.9 Å². The fourth-order valence-electron chi connectivity index (χ4n) is 2.98. The third kappa shape index (κ3) is 4.93. The number of benzene rings is 2. The number of hydrogen-bond acceptors (Lipinski definition) is 5. The fraction of sp³-hybridized carbons (Fsp3) is 0.250. The van der Waals surface area contributed by atoms with E-state index in [2.05, 4.69) is 21.7 Å². The van der Waals surface area contributed by atoms with Crippen LogP contribution < -0.4 is 21.7 Å². The van der Waals surface area contributed by atoms with Gasteiger partial charge in [0.1, 0.15) is 12.6 Å². The summed E-state index contributed by atoms with van der Waals surface area (Å²) in [5, 5.41) is 0. The van der Waals surface area contributed by atoms with Crippen molar-refractivity contribution in [2.24, 2.45) is 0 Å². The lowest BCUT2D eigenvalue weighted by Gasteiger charge is -2.17. The van der Waals surface area contributed by atoms with Gasteiger partial charge in [0.2, 0.25) is 0 Å². The summed E-state index contributed by atoms with van der Waals surface area (Å²) in [6.07, 6.45) is 0.554. The molecule has 0 aliphatic carbocycles. The average Bonchev–Trinajstić information content (AvgIpc) is 3.23. The standard InChI is InChI=1S/C20H23N5O3/c1-25(20(28)15-10-6-3-7-11-15)13-18(26)23-24-19(27)17-12-16(21-22-17)14-8-4-2-5-9-14/h2-11,16-17,21-22H,12-13H2,1H3,(H,23,26)(H,24,27). The van der Waals surface area contributed by atoms with E-state index in [1.165, 1.54) is 11.9 Å². The second-order valence-electron chi connectivity index (χ2n) is 6.60. The Morgan fingerprint density at radius 3 is 2.29 bits per heavy atom. The number of hydrazine groups is 2. The maximum absolute atomic E-state index is 12.3. The number of carbonyl (C=O) groups is 3. The van der Waals surface area contributed by atoms with Gasteiger partial charge in [0.25, 0.3) is 17.7 Å². The van der Waals surface area contributed by atoms with Crippen LogP contribution in [-0.2, 0) is 9.59 Å². The van der Waals surface area contributed by atoms with Crippen molar-refractivity contribution in [2.75, 3.05) is 13.6 Å². The molecule has 2 atom stereocenters. The minimum Gasteiger partial charge on any atom is -0.332 e. The zero-order valence-corrected chi connectivity index (χ0v) is 15.5. The first-order chi connectivity index (χ1) is 13.5. The largest absolute Gasteiger partial charge is 0.332 e. The predicted molar refractivity (Wildman–Crippen MR) is 104 cm³/mol. The Morgan fingerprint density at radius 1 is 0.964 bits per heavy atom. The molecule has 1 fully saturated rings. The van der Waals surface area contributed by atoms with Gasteiger partial charge in [-0.2, -0.15) is 0 Å². The molecule has 1 aliphatic heterocycles. The summed E-state index contributed by atoms with van der Waals surface area (Å²) in [7, 11) is 1.53. The molecule has 0 saturated carbocycles. The van der Waals surface area contributed by atoms with Gasteiger partial charge < -0.3 is 4.90 Å². The van der Waals surface area contributed by atoms with Crippen molar-refractivity contribution in [3.63, 3.8) is 0 Å².